The minimum atomic E-state index is -4.86. The van der Waals surface area contributed by atoms with E-state index in [-0.39, 0.29) is 33.2 Å². The average molecular weight is 560 g/mol. The van der Waals surface area contributed by atoms with Gasteiger partial charge in [-0.2, -0.15) is 23.4 Å². The van der Waals surface area contributed by atoms with Crippen molar-refractivity contribution in [2.24, 2.45) is 5.14 Å². The number of aromatic amines is 1. The molecular formula is C24H17F4N7O3S. The van der Waals surface area contributed by atoms with E-state index in [4.69, 9.17) is 10.9 Å². The molecule has 0 aliphatic carbocycles. The smallest absolute Gasteiger partial charge is 0.382 e. The number of anilines is 2. The number of H-pyrrole nitrogens is 1. The number of rotatable bonds is 5. The van der Waals surface area contributed by atoms with Gasteiger partial charge in [0.1, 0.15) is 11.5 Å². The summed E-state index contributed by atoms with van der Waals surface area (Å²) < 4.78 is 80.1. The lowest BCUT2D eigenvalue weighted by Gasteiger charge is -2.12. The Morgan fingerprint density at radius 2 is 1.74 bits per heavy atom. The molecule has 39 heavy (non-hydrogen) atoms. The maximum absolute atomic E-state index is 15.0. The van der Waals surface area contributed by atoms with Crippen molar-refractivity contribution < 1.29 is 30.8 Å². The normalized spacial score (nSPS) is 12.1. The van der Waals surface area contributed by atoms with Gasteiger partial charge in [0, 0.05) is 28.3 Å². The van der Waals surface area contributed by atoms with Crippen molar-refractivity contribution in [1.82, 2.24) is 20.0 Å². The number of nitrogen functional groups attached to an aromatic ring is 1. The molecule has 1 amide bonds. The second-order valence-electron chi connectivity index (χ2n) is 8.35. The van der Waals surface area contributed by atoms with Gasteiger partial charge in [0.15, 0.2) is 11.5 Å². The molecule has 15 heteroatoms. The molecule has 0 aliphatic heterocycles. The summed E-state index contributed by atoms with van der Waals surface area (Å²) in [7, 11) is -4.17. The van der Waals surface area contributed by atoms with Crippen molar-refractivity contribution in [3.8, 4) is 16.8 Å². The van der Waals surface area contributed by atoms with E-state index in [1.165, 1.54) is 54.6 Å². The van der Waals surface area contributed by atoms with Crippen LogP contribution in [-0.2, 0) is 16.2 Å². The highest BCUT2D eigenvalue weighted by Gasteiger charge is 2.36. The van der Waals surface area contributed by atoms with E-state index in [1.54, 1.807) is 0 Å². The Morgan fingerprint density at radius 1 is 1.00 bits per heavy atom. The topological polar surface area (TPSA) is 162 Å². The number of benzene rings is 3. The summed E-state index contributed by atoms with van der Waals surface area (Å²) in [5.41, 5.74) is 4.36. The van der Waals surface area contributed by atoms with Crippen LogP contribution in [0.2, 0.25) is 0 Å². The van der Waals surface area contributed by atoms with E-state index >= 15 is 4.39 Å². The van der Waals surface area contributed by atoms with Crippen LogP contribution in [0.1, 0.15) is 16.2 Å². The van der Waals surface area contributed by atoms with Crippen LogP contribution in [0.15, 0.2) is 71.6 Å². The lowest BCUT2D eigenvalue weighted by molar-refractivity contribution is -0.141. The first-order chi connectivity index (χ1) is 18.3. The van der Waals surface area contributed by atoms with Gasteiger partial charge in [0.2, 0.25) is 10.0 Å². The summed E-state index contributed by atoms with van der Waals surface area (Å²) in [6, 6.07) is 13.8. The molecule has 0 saturated heterocycles. The number of nitrogens with one attached hydrogen (secondary N) is 2. The predicted molar refractivity (Wildman–Crippen MR) is 134 cm³/mol. The summed E-state index contributed by atoms with van der Waals surface area (Å²) in [6.45, 7) is 0. The second-order valence-corrected chi connectivity index (χ2v) is 9.88. The van der Waals surface area contributed by atoms with Gasteiger partial charge in [-0.15, -0.1) is 0 Å². The quantitative estimate of drug-likeness (QED) is 0.238. The van der Waals surface area contributed by atoms with Crippen molar-refractivity contribution in [3.05, 3.63) is 83.9 Å². The highest BCUT2D eigenvalue weighted by molar-refractivity contribution is 7.89. The molecule has 5 rings (SSSR count). The highest BCUT2D eigenvalue weighted by atomic mass is 32.2. The Labute approximate surface area is 217 Å². The summed E-state index contributed by atoms with van der Waals surface area (Å²) in [5.74, 6) is -1.83. The standard InChI is InChI=1S/C24H17F4N7O3S/c25-17-9-12(5-7-14(17)15-3-1-2-4-20(15)39(30,37)38)31-23(36)19-11-21(24(26,27)28)34-35(19)13-6-8-18-16(10-13)22(29)33-32-18/h1-11H,(H,31,36)(H3,29,32,33)(H2,30,37,38). The van der Waals surface area contributed by atoms with Gasteiger partial charge in [0.25, 0.3) is 5.91 Å². The average Bonchev–Trinajstić information content (AvgIpc) is 3.48. The molecule has 0 fully saturated rings. The Balaban J connectivity index is 1.51. The van der Waals surface area contributed by atoms with Crippen LogP contribution < -0.4 is 16.2 Å². The van der Waals surface area contributed by atoms with Crippen LogP contribution in [0.5, 0.6) is 0 Å². The third kappa shape index (κ3) is 4.92. The monoisotopic (exact) mass is 559 g/mol. The maximum Gasteiger partial charge on any atom is 0.435 e. The van der Waals surface area contributed by atoms with Crippen LogP contribution in [0.3, 0.4) is 0 Å². The van der Waals surface area contributed by atoms with Gasteiger partial charge >= 0.3 is 6.18 Å². The van der Waals surface area contributed by atoms with E-state index in [2.05, 4.69) is 20.6 Å². The number of fused-ring (bicyclic) bond motifs is 1. The lowest BCUT2D eigenvalue weighted by atomic mass is 10.0. The SMILES string of the molecule is Nc1n[nH]c2ccc(-n3nc(C(F)(F)F)cc3C(=O)Nc3ccc(-c4ccccc4S(N)(=O)=O)c(F)c3)cc12. The van der Waals surface area contributed by atoms with Crippen LogP contribution in [0.25, 0.3) is 27.7 Å². The lowest BCUT2D eigenvalue weighted by Crippen LogP contribution is -2.17. The molecule has 0 aliphatic rings. The fraction of sp³-hybridized carbons (Fsp3) is 0.0417. The number of sulfonamides is 1. The molecule has 2 aromatic heterocycles. The number of amides is 1. The number of hydrogen-bond donors (Lipinski definition) is 4. The first-order valence-electron chi connectivity index (χ1n) is 11.0. The zero-order valence-corrected chi connectivity index (χ0v) is 20.3. The summed E-state index contributed by atoms with van der Waals surface area (Å²) in [4.78, 5) is 12.8. The fourth-order valence-electron chi connectivity index (χ4n) is 3.98. The summed E-state index contributed by atoms with van der Waals surface area (Å²) in [6.07, 6.45) is -4.86. The molecule has 2 heterocycles. The van der Waals surface area contributed by atoms with Crippen molar-refractivity contribution in [2.75, 3.05) is 11.1 Å². The van der Waals surface area contributed by atoms with Crippen molar-refractivity contribution in [2.45, 2.75) is 11.1 Å². The summed E-state index contributed by atoms with van der Waals surface area (Å²) >= 11 is 0. The van der Waals surface area contributed by atoms with Crippen molar-refractivity contribution >= 4 is 38.3 Å². The van der Waals surface area contributed by atoms with Crippen LogP contribution in [-0.4, -0.2) is 34.3 Å². The molecule has 0 bridgehead atoms. The number of nitrogens with two attached hydrogens (primary N) is 2. The van der Waals surface area contributed by atoms with Crippen LogP contribution in [0.4, 0.5) is 29.1 Å². The number of primary sulfonamides is 1. The number of aromatic nitrogens is 4. The third-order valence-corrected chi connectivity index (χ3v) is 6.73. The Hall–Kier alpha value is -4.76. The van der Waals surface area contributed by atoms with E-state index in [0.717, 1.165) is 10.7 Å². The highest BCUT2D eigenvalue weighted by Crippen LogP contribution is 2.32. The Morgan fingerprint density at radius 3 is 2.44 bits per heavy atom. The minimum absolute atomic E-state index is 0.00261. The van der Waals surface area contributed by atoms with E-state index < -0.39 is 39.3 Å². The maximum atomic E-state index is 15.0. The number of carbonyl (C=O) groups is 1. The molecule has 200 valence electrons. The number of hydrogen-bond acceptors (Lipinski definition) is 6. The van der Waals surface area contributed by atoms with Crippen LogP contribution >= 0.6 is 0 Å². The van der Waals surface area contributed by atoms with Gasteiger partial charge in [-0.3, -0.25) is 9.89 Å². The Bertz CT molecular complexity index is 1860. The van der Waals surface area contributed by atoms with Gasteiger partial charge in [0.05, 0.1) is 16.1 Å². The number of halogens is 4. The molecule has 0 radical (unpaired) electrons. The van der Waals surface area contributed by atoms with Gasteiger partial charge in [-0.1, -0.05) is 18.2 Å². The van der Waals surface area contributed by atoms with Gasteiger partial charge in [-0.05, 0) is 42.5 Å². The third-order valence-electron chi connectivity index (χ3n) is 5.76. The second kappa shape index (κ2) is 9.21. The summed E-state index contributed by atoms with van der Waals surface area (Å²) in [5, 5.41) is 18.0. The zero-order chi connectivity index (χ0) is 28.1. The van der Waals surface area contributed by atoms with Crippen molar-refractivity contribution in [1.29, 1.82) is 0 Å². The molecular weight excluding hydrogens is 542 g/mol. The first-order valence-corrected chi connectivity index (χ1v) is 12.5. The molecule has 6 N–H and O–H groups in total. The fourth-order valence-corrected chi connectivity index (χ4v) is 4.73. The van der Waals surface area contributed by atoms with E-state index in [0.29, 0.717) is 17.0 Å². The van der Waals surface area contributed by atoms with E-state index in [1.807, 2.05) is 0 Å². The zero-order valence-electron chi connectivity index (χ0n) is 19.5. The number of alkyl halides is 3. The molecule has 0 atom stereocenters. The van der Waals surface area contributed by atoms with Gasteiger partial charge in [-0.25, -0.2) is 22.6 Å². The predicted octanol–water partition coefficient (Wildman–Crippen LogP) is 4.06. The molecule has 0 unspecified atom stereocenters. The number of nitrogens with zero attached hydrogens (tertiary/aromatic N) is 3. The molecule has 0 spiro atoms. The Kier molecular flexibility index (Phi) is 6.11. The van der Waals surface area contributed by atoms with Crippen LogP contribution in [0, 0.1) is 5.82 Å². The molecule has 3 aromatic carbocycles. The molecule has 10 nitrogen and oxygen atoms in total. The number of carbonyl (C=O) groups excluding carboxylic acids is 1. The molecule has 0 saturated carbocycles. The van der Waals surface area contributed by atoms with Gasteiger partial charge < -0.3 is 11.1 Å². The van der Waals surface area contributed by atoms with E-state index in [9.17, 15) is 26.4 Å². The van der Waals surface area contributed by atoms with Crippen molar-refractivity contribution in [3.63, 3.8) is 0 Å². The largest absolute Gasteiger partial charge is 0.435 e. The minimum Gasteiger partial charge on any atom is -0.382 e. The first kappa shape index (κ1) is 25.9. The molecule has 5 aromatic rings.